The minimum atomic E-state index is -0.370. The first kappa shape index (κ1) is 18.0. The van der Waals surface area contributed by atoms with Gasteiger partial charge in [0, 0.05) is 18.5 Å². The minimum Gasteiger partial charge on any atom is -0.504 e. The molecule has 0 atom stereocenters. The molecule has 0 fully saturated rings. The first-order chi connectivity index (χ1) is 12.1. The van der Waals surface area contributed by atoms with Crippen molar-refractivity contribution in [3.8, 4) is 11.5 Å². The molecule has 0 saturated heterocycles. The number of hydrogen-bond donors (Lipinski definition) is 3. The van der Waals surface area contributed by atoms with E-state index >= 15 is 0 Å². The highest BCUT2D eigenvalue weighted by Crippen LogP contribution is 2.25. The Bertz CT molecular complexity index is 760. The average molecular weight is 341 g/mol. The molecule has 0 heterocycles. The maximum absolute atomic E-state index is 11.7. The topological polar surface area (TPSA) is 100 Å². The summed E-state index contributed by atoms with van der Waals surface area (Å²) < 4.78 is 4.98. The van der Waals surface area contributed by atoms with Crippen molar-refractivity contribution < 1.29 is 19.4 Å². The Hall–Kier alpha value is -3.35. The van der Waals surface area contributed by atoms with E-state index in [4.69, 9.17) is 4.74 Å². The SMILES string of the molecule is COc1cc(/C=N\NC(=O)CCC(=O)Nc2ccccc2)ccc1O. The zero-order chi connectivity index (χ0) is 18.1. The quantitative estimate of drug-likeness (QED) is 0.531. The third-order valence-electron chi connectivity index (χ3n) is 3.24. The van der Waals surface area contributed by atoms with E-state index in [-0.39, 0.29) is 30.4 Å². The van der Waals surface area contributed by atoms with Crippen LogP contribution < -0.4 is 15.5 Å². The van der Waals surface area contributed by atoms with Crippen LogP contribution in [0.4, 0.5) is 5.69 Å². The molecule has 0 aliphatic rings. The number of benzene rings is 2. The maximum atomic E-state index is 11.7. The summed E-state index contributed by atoms with van der Waals surface area (Å²) in [4.78, 5) is 23.4. The number of para-hydroxylation sites is 1. The Balaban J connectivity index is 1.76. The third-order valence-corrected chi connectivity index (χ3v) is 3.24. The molecule has 0 aliphatic heterocycles. The minimum absolute atomic E-state index is 0.0214. The average Bonchev–Trinajstić information content (AvgIpc) is 2.62. The van der Waals surface area contributed by atoms with E-state index in [9.17, 15) is 14.7 Å². The van der Waals surface area contributed by atoms with E-state index < -0.39 is 0 Å². The summed E-state index contributed by atoms with van der Waals surface area (Å²) in [7, 11) is 1.44. The van der Waals surface area contributed by atoms with Crippen molar-refractivity contribution in [1.82, 2.24) is 5.43 Å². The van der Waals surface area contributed by atoms with E-state index in [1.807, 2.05) is 18.2 Å². The molecule has 7 nitrogen and oxygen atoms in total. The Kier molecular flexibility index (Phi) is 6.53. The smallest absolute Gasteiger partial charge is 0.240 e. The number of carbonyl (C=O) groups is 2. The van der Waals surface area contributed by atoms with Crippen LogP contribution in [0.25, 0.3) is 0 Å². The fourth-order valence-corrected chi connectivity index (χ4v) is 1.98. The number of nitrogens with zero attached hydrogens (tertiary/aromatic N) is 1. The molecule has 0 radical (unpaired) electrons. The van der Waals surface area contributed by atoms with Crippen LogP contribution in [0.1, 0.15) is 18.4 Å². The summed E-state index contributed by atoms with van der Waals surface area (Å²) in [5.74, 6) is -0.278. The zero-order valence-corrected chi connectivity index (χ0v) is 13.7. The molecule has 7 heteroatoms. The van der Waals surface area contributed by atoms with E-state index in [1.165, 1.54) is 19.4 Å². The lowest BCUT2D eigenvalue weighted by Crippen LogP contribution is -2.20. The summed E-state index contributed by atoms with van der Waals surface area (Å²) in [5, 5.41) is 16.0. The third kappa shape index (κ3) is 5.98. The van der Waals surface area contributed by atoms with Gasteiger partial charge in [-0.2, -0.15) is 5.10 Å². The molecular weight excluding hydrogens is 322 g/mol. The number of carbonyl (C=O) groups excluding carboxylic acids is 2. The largest absolute Gasteiger partial charge is 0.504 e. The molecule has 2 aromatic carbocycles. The Morgan fingerprint density at radius 3 is 2.56 bits per heavy atom. The van der Waals surface area contributed by atoms with E-state index in [1.54, 1.807) is 24.3 Å². The lowest BCUT2D eigenvalue weighted by molar-refractivity contribution is -0.124. The van der Waals surface area contributed by atoms with Gasteiger partial charge < -0.3 is 15.2 Å². The van der Waals surface area contributed by atoms with Crippen molar-refractivity contribution in [2.24, 2.45) is 5.10 Å². The Morgan fingerprint density at radius 1 is 1.12 bits per heavy atom. The number of anilines is 1. The first-order valence-electron chi connectivity index (χ1n) is 7.62. The molecular formula is C18H19N3O4. The standard InChI is InChI=1S/C18H19N3O4/c1-25-16-11-13(7-8-15(16)22)12-19-21-18(24)10-9-17(23)20-14-5-3-2-4-6-14/h2-8,11-12,22H,9-10H2,1H3,(H,20,23)(H,21,24)/b19-12-. The van der Waals surface area contributed by atoms with Crippen LogP contribution in [0.3, 0.4) is 0 Å². The van der Waals surface area contributed by atoms with Gasteiger partial charge in [0.15, 0.2) is 11.5 Å². The number of nitrogens with one attached hydrogen (secondary N) is 2. The Labute approximate surface area is 145 Å². The van der Waals surface area contributed by atoms with Gasteiger partial charge in [0.25, 0.3) is 0 Å². The number of ether oxygens (including phenoxy) is 1. The first-order valence-corrected chi connectivity index (χ1v) is 7.62. The fraction of sp³-hybridized carbons (Fsp3) is 0.167. The summed E-state index contributed by atoms with van der Waals surface area (Å²) in [5.41, 5.74) is 3.69. The number of methoxy groups -OCH3 is 1. The summed E-state index contributed by atoms with van der Waals surface area (Å²) in [6.07, 6.45) is 1.50. The molecule has 3 N–H and O–H groups in total. The molecule has 0 aromatic heterocycles. The van der Waals surface area contributed by atoms with Crippen LogP contribution in [0.15, 0.2) is 53.6 Å². The lowest BCUT2D eigenvalue weighted by Gasteiger charge is -2.04. The van der Waals surface area contributed by atoms with Crippen molar-refractivity contribution in [2.45, 2.75) is 12.8 Å². The van der Waals surface area contributed by atoms with Crippen molar-refractivity contribution in [2.75, 3.05) is 12.4 Å². The van der Waals surface area contributed by atoms with Crippen molar-refractivity contribution in [3.63, 3.8) is 0 Å². The van der Waals surface area contributed by atoms with Crippen LogP contribution >= 0.6 is 0 Å². The van der Waals surface area contributed by atoms with Gasteiger partial charge in [0.1, 0.15) is 0 Å². The number of aromatic hydroxyl groups is 1. The monoisotopic (exact) mass is 341 g/mol. The molecule has 2 rings (SSSR count). The van der Waals surface area contributed by atoms with Crippen LogP contribution in [0.2, 0.25) is 0 Å². The summed E-state index contributed by atoms with van der Waals surface area (Å²) in [6, 6.07) is 13.7. The number of hydrogen-bond acceptors (Lipinski definition) is 5. The van der Waals surface area contributed by atoms with Crippen LogP contribution in [0.5, 0.6) is 11.5 Å². The van der Waals surface area contributed by atoms with E-state index in [0.29, 0.717) is 17.0 Å². The van der Waals surface area contributed by atoms with Crippen molar-refractivity contribution in [3.05, 3.63) is 54.1 Å². The molecule has 25 heavy (non-hydrogen) atoms. The van der Waals surface area contributed by atoms with Crippen LogP contribution in [-0.2, 0) is 9.59 Å². The Morgan fingerprint density at radius 2 is 1.84 bits per heavy atom. The highest BCUT2D eigenvalue weighted by molar-refractivity contribution is 5.93. The van der Waals surface area contributed by atoms with Gasteiger partial charge in [-0.25, -0.2) is 5.43 Å². The molecule has 0 spiro atoms. The second kappa shape index (κ2) is 9.07. The van der Waals surface area contributed by atoms with Gasteiger partial charge in [0.05, 0.1) is 13.3 Å². The molecule has 2 aromatic rings. The lowest BCUT2D eigenvalue weighted by atomic mass is 10.2. The summed E-state index contributed by atoms with van der Waals surface area (Å²) in [6.45, 7) is 0. The van der Waals surface area contributed by atoms with Crippen molar-refractivity contribution >= 4 is 23.7 Å². The molecule has 0 saturated carbocycles. The van der Waals surface area contributed by atoms with Gasteiger partial charge >= 0.3 is 0 Å². The second-order valence-electron chi connectivity index (χ2n) is 5.14. The van der Waals surface area contributed by atoms with Crippen LogP contribution in [-0.4, -0.2) is 30.2 Å². The van der Waals surface area contributed by atoms with E-state index in [2.05, 4.69) is 15.8 Å². The normalized spacial score (nSPS) is 10.4. The highest BCUT2D eigenvalue weighted by atomic mass is 16.5. The van der Waals surface area contributed by atoms with Gasteiger partial charge in [-0.05, 0) is 35.9 Å². The van der Waals surface area contributed by atoms with Crippen LogP contribution in [0, 0.1) is 0 Å². The van der Waals surface area contributed by atoms with Gasteiger partial charge in [-0.1, -0.05) is 18.2 Å². The predicted octanol–water partition coefficient (Wildman–Crippen LogP) is 2.27. The zero-order valence-electron chi connectivity index (χ0n) is 13.7. The molecule has 0 bridgehead atoms. The number of rotatable bonds is 7. The predicted molar refractivity (Wildman–Crippen MR) is 94.7 cm³/mol. The number of amides is 2. The summed E-state index contributed by atoms with van der Waals surface area (Å²) >= 11 is 0. The number of hydrazone groups is 1. The highest BCUT2D eigenvalue weighted by Gasteiger charge is 2.06. The van der Waals surface area contributed by atoms with Gasteiger partial charge in [-0.15, -0.1) is 0 Å². The number of phenols is 1. The van der Waals surface area contributed by atoms with Crippen molar-refractivity contribution in [1.29, 1.82) is 0 Å². The fourth-order valence-electron chi connectivity index (χ4n) is 1.98. The molecule has 0 unspecified atom stereocenters. The van der Waals surface area contributed by atoms with E-state index in [0.717, 1.165) is 0 Å². The molecule has 0 aliphatic carbocycles. The maximum Gasteiger partial charge on any atom is 0.240 e. The second-order valence-corrected chi connectivity index (χ2v) is 5.14. The van der Waals surface area contributed by atoms with Gasteiger partial charge in [0.2, 0.25) is 11.8 Å². The number of phenolic OH excluding ortho intramolecular Hbond substituents is 1. The molecule has 130 valence electrons. The van der Waals surface area contributed by atoms with Gasteiger partial charge in [-0.3, -0.25) is 9.59 Å². The molecule has 2 amide bonds.